The van der Waals surface area contributed by atoms with E-state index in [-0.39, 0.29) is 16.7 Å². The average molecular weight is 543 g/mol. The van der Waals surface area contributed by atoms with E-state index in [0.717, 1.165) is 24.3 Å². The minimum Gasteiger partial charge on any atom is -0.507 e. The topological polar surface area (TPSA) is 79.3 Å². The van der Waals surface area contributed by atoms with Crippen molar-refractivity contribution < 1.29 is 24.2 Å². The fourth-order valence-corrected chi connectivity index (χ4v) is 5.12. The number of ketones is 1. The van der Waals surface area contributed by atoms with Crippen molar-refractivity contribution in [3.63, 3.8) is 0 Å². The Bertz CT molecular complexity index is 1410. The zero-order valence-corrected chi connectivity index (χ0v) is 24.3. The van der Waals surface area contributed by atoms with Crippen molar-refractivity contribution in [2.45, 2.75) is 46.1 Å². The van der Waals surface area contributed by atoms with Gasteiger partial charge in [0, 0.05) is 24.5 Å². The molecule has 0 bridgehead atoms. The molecular formula is C33H38N2O5. The van der Waals surface area contributed by atoms with Gasteiger partial charge in [-0.3, -0.25) is 14.5 Å². The molecular weight excluding hydrogens is 504 g/mol. The molecule has 0 aromatic heterocycles. The third-order valence-electron chi connectivity index (χ3n) is 7.45. The van der Waals surface area contributed by atoms with Crippen LogP contribution in [0.1, 0.15) is 57.4 Å². The number of Topliss-reactive ketones (excluding diaryl/α,β-unsaturated/α-hetero) is 1. The van der Waals surface area contributed by atoms with E-state index >= 15 is 0 Å². The van der Waals surface area contributed by atoms with Gasteiger partial charge in [0.2, 0.25) is 0 Å². The third-order valence-corrected chi connectivity index (χ3v) is 7.45. The van der Waals surface area contributed by atoms with Crippen molar-refractivity contribution in [2.75, 3.05) is 37.1 Å². The Morgan fingerprint density at radius 1 is 0.900 bits per heavy atom. The van der Waals surface area contributed by atoms with Gasteiger partial charge < -0.3 is 19.5 Å². The second-order valence-electron chi connectivity index (χ2n) is 10.8. The highest BCUT2D eigenvalue weighted by Crippen LogP contribution is 2.44. The van der Waals surface area contributed by atoms with Crippen molar-refractivity contribution in [1.82, 2.24) is 0 Å². The number of benzene rings is 3. The number of hydrogen-bond donors (Lipinski definition) is 1. The first-order chi connectivity index (χ1) is 19.0. The molecule has 4 rings (SSSR count). The lowest BCUT2D eigenvalue weighted by molar-refractivity contribution is -0.132. The number of anilines is 2. The minimum absolute atomic E-state index is 0.00680. The van der Waals surface area contributed by atoms with E-state index in [1.807, 2.05) is 48.5 Å². The Hall–Kier alpha value is -4.26. The molecule has 3 aromatic rings. The van der Waals surface area contributed by atoms with Gasteiger partial charge in [-0.2, -0.15) is 0 Å². The summed E-state index contributed by atoms with van der Waals surface area (Å²) in [5.41, 5.74) is 3.37. The minimum atomic E-state index is -0.854. The Morgan fingerprint density at radius 3 is 2.05 bits per heavy atom. The molecule has 40 heavy (non-hydrogen) atoms. The molecule has 0 radical (unpaired) electrons. The fraction of sp³-hybridized carbons (Fsp3) is 0.333. The summed E-state index contributed by atoms with van der Waals surface area (Å²) in [6, 6.07) is 19.4. The number of hydrogen-bond acceptors (Lipinski definition) is 6. The summed E-state index contributed by atoms with van der Waals surface area (Å²) in [5.74, 6) is -0.680. The van der Waals surface area contributed by atoms with E-state index in [4.69, 9.17) is 9.47 Å². The second-order valence-corrected chi connectivity index (χ2v) is 10.8. The maximum Gasteiger partial charge on any atom is 0.300 e. The summed E-state index contributed by atoms with van der Waals surface area (Å²) in [6.45, 7) is 12.1. The maximum atomic E-state index is 13.7. The molecule has 1 unspecified atom stereocenters. The lowest BCUT2D eigenvalue weighted by atomic mass is 9.85. The molecule has 1 atom stereocenters. The van der Waals surface area contributed by atoms with Crippen LogP contribution < -0.4 is 19.3 Å². The largest absolute Gasteiger partial charge is 0.507 e. The summed E-state index contributed by atoms with van der Waals surface area (Å²) in [5, 5.41) is 11.8. The van der Waals surface area contributed by atoms with Crippen molar-refractivity contribution in [3.8, 4) is 11.5 Å². The molecule has 3 aromatic carbocycles. The van der Waals surface area contributed by atoms with Crippen molar-refractivity contribution in [1.29, 1.82) is 0 Å². The lowest BCUT2D eigenvalue weighted by Gasteiger charge is -2.27. The van der Waals surface area contributed by atoms with Gasteiger partial charge in [0.25, 0.3) is 11.7 Å². The SMILES string of the molecule is CCN(CC)c1ccc(N2C(=O)C(=O)/C(=C(/O)c3cc(C(C)(C)C)ccc3OC)C2c2ccc(OC)cc2)cc1. The van der Waals surface area contributed by atoms with Crippen molar-refractivity contribution in [3.05, 3.63) is 89.0 Å². The van der Waals surface area contributed by atoms with Crippen LogP contribution >= 0.6 is 0 Å². The maximum absolute atomic E-state index is 13.7. The van der Waals surface area contributed by atoms with Gasteiger partial charge in [-0.1, -0.05) is 39.0 Å². The van der Waals surface area contributed by atoms with Gasteiger partial charge in [-0.25, -0.2) is 0 Å². The number of rotatable bonds is 8. The van der Waals surface area contributed by atoms with Gasteiger partial charge in [-0.05, 0) is 78.9 Å². The van der Waals surface area contributed by atoms with E-state index in [2.05, 4.69) is 39.5 Å². The predicted octanol–water partition coefficient (Wildman–Crippen LogP) is 6.47. The average Bonchev–Trinajstić information content (AvgIpc) is 3.22. The van der Waals surface area contributed by atoms with Crippen LogP contribution in [0.5, 0.6) is 11.5 Å². The highest BCUT2D eigenvalue weighted by molar-refractivity contribution is 6.51. The zero-order chi connectivity index (χ0) is 29.2. The molecule has 0 aliphatic carbocycles. The molecule has 1 aliphatic heterocycles. The summed E-state index contributed by atoms with van der Waals surface area (Å²) in [6.07, 6.45) is 0. The van der Waals surface area contributed by atoms with Crippen LogP contribution in [0.25, 0.3) is 5.76 Å². The first kappa shape index (κ1) is 28.7. The summed E-state index contributed by atoms with van der Waals surface area (Å²) in [7, 11) is 3.09. The van der Waals surface area contributed by atoms with Crippen LogP contribution in [-0.4, -0.2) is 44.1 Å². The molecule has 1 fully saturated rings. The van der Waals surface area contributed by atoms with Crippen LogP contribution in [0.4, 0.5) is 11.4 Å². The zero-order valence-electron chi connectivity index (χ0n) is 24.3. The molecule has 210 valence electrons. The number of carbonyl (C=O) groups is 2. The number of aliphatic hydroxyl groups excluding tert-OH is 1. The molecule has 7 nitrogen and oxygen atoms in total. The molecule has 1 aliphatic rings. The Morgan fingerprint density at radius 2 is 1.52 bits per heavy atom. The number of amides is 1. The molecule has 0 spiro atoms. The van der Waals surface area contributed by atoms with Gasteiger partial charge >= 0.3 is 0 Å². The smallest absolute Gasteiger partial charge is 0.300 e. The van der Waals surface area contributed by atoms with Gasteiger partial charge in [0.1, 0.15) is 17.3 Å². The highest BCUT2D eigenvalue weighted by atomic mass is 16.5. The molecule has 7 heteroatoms. The van der Waals surface area contributed by atoms with E-state index in [9.17, 15) is 14.7 Å². The van der Waals surface area contributed by atoms with E-state index in [0.29, 0.717) is 28.3 Å². The van der Waals surface area contributed by atoms with E-state index in [1.54, 1.807) is 25.3 Å². The summed E-state index contributed by atoms with van der Waals surface area (Å²) in [4.78, 5) is 31.0. The van der Waals surface area contributed by atoms with Crippen LogP contribution in [0.2, 0.25) is 0 Å². The van der Waals surface area contributed by atoms with Gasteiger partial charge in [0.05, 0.1) is 31.4 Å². The number of nitrogens with zero attached hydrogens (tertiary/aromatic N) is 2. The lowest BCUT2D eigenvalue weighted by Crippen LogP contribution is -2.29. The third kappa shape index (κ3) is 5.28. The number of methoxy groups -OCH3 is 2. The summed E-state index contributed by atoms with van der Waals surface area (Å²) < 4.78 is 10.9. The normalized spacial score (nSPS) is 16.8. The first-order valence-corrected chi connectivity index (χ1v) is 13.5. The van der Waals surface area contributed by atoms with Gasteiger partial charge in [-0.15, -0.1) is 0 Å². The standard InChI is InChI=1S/C33H38N2O5/c1-8-34(9-2)23-13-15-24(16-14-23)35-29(21-10-17-25(39-6)18-11-21)28(31(37)32(35)38)30(36)26-20-22(33(3,4)5)12-19-27(26)40-7/h10-20,29,36H,8-9H2,1-7H3/b30-28+. The monoisotopic (exact) mass is 542 g/mol. The molecule has 0 saturated carbocycles. The number of ether oxygens (including phenoxy) is 2. The first-order valence-electron chi connectivity index (χ1n) is 13.5. The van der Waals surface area contributed by atoms with Crippen LogP contribution in [0.15, 0.2) is 72.3 Å². The molecule has 1 saturated heterocycles. The molecule has 1 heterocycles. The Balaban J connectivity index is 1.93. The van der Waals surface area contributed by atoms with Crippen LogP contribution in [0.3, 0.4) is 0 Å². The molecule has 1 amide bonds. The van der Waals surface area contributed by atoms with Crippen molar-refractivity contribution >= 4 is 28.8 Å². The van der Waals surface area contributed by atoms with E-state index < -0.39 is 17.7 Å². The highest BCUT2D eigenvalue weighted by Gasteiger charge is 2.47. The second kappa shape index (κ2) is 11.5. The van der Waals surface area contributed by atoms with Gasteiger partial charge in [0.15, 0.2) is 0 Å². The van der Waals surface area contributed by atoms with Crippen LogP contribution in [0, 0.1) is 0 Å². The quantitative estimate of drug-likeness (QED) is 0.200. The number of carbonyl (C=O) groups excluding carboxylic acids is 2. The predicted molar refractivity (Wildman–Crippen MR) is 159 cm³/mol. The Kier molecular flexibility index (Phi) is 8.24. The Labute approximate surface area is 236 Å². The summed E-state index contributed by atoms with van der Waals surface area (Å²) >= 11 is 0. The van der Waals surface area contributed by atoms with E-state index in [1.165, 1.54) is 12.0 Å². The molecule has 1 N–H and O–H groups in total. The fourth-order valence-electron chi connectivity index (χ4n) is 5.12. The van der Waals surface area contributed by atoms with Crippen LogP contribution in [-0.2, 0) is 15.0 Å². The number of aliphatic hydroxyl groups is 1. The van der Waals surface area contributed by atoms with Crippen molar-refractivity contribution in [2.24, 2.45) is 0 Å².